The van der Waals surface area contributed by atoms with Gasteiger partial charge in [0.1, 0.15) is 11.6 Å². The standard InChI is InChI=1S/C25H31N3O4/c1-6-19-9-8-10-20(7-2)24(19)27-23(29)16-32-25(30)22(15-26)14-21-13-17(3)28(18(21)4)11-12-31-5/h8-10,13-14H,6-7,11-12,16H2,1-5H3,(H,27,29)/b22-14+. The van der Waals surface area contributed by atoms with Crippen molar-refractivity contribution in [1.29, 1.82) is 5.26 Å². The first-order chi connectivity index (χ1) is 15.4. The quantitative estimate of drug-likeness (QED) is 0.345. The number of nitrogens with one attached hydrogen (secondary N) is 1. The summed E-state index contributed by atoms with van der Waals surface area (Å²) in [6.45, 7) is 8.66. The number of aryl methyl sites for hydroxylation is 3. The van der Waals surface area contributed by atoms with Gasteiger partial charge in [0.25, 0.3) is 5.91 Å². The van der Waals surface area contributed by atoms with Crippen LogP contribution in [0, 0.1) is 25.2 Å². The molecule has 0 saturated carbocycles. The van der Waals surface area contributed by atoms with Crippen molar-refractivity contribution in [1.82, 2.24) is 4.57 Å². The smallest absolute Gasteiger partial charge is 0.349 e. The molecule has 0 aliphatic heterocycles. The van der Waals surface area contributed by atoms with E-state index in [2.05, 4.69) is 9.88 Å². The summed E-state index contributed by atoms with van der Waals surface area (Å²) >= 11 is 0. The average Bonchev–Trinajstić information content (AvgIpc) is 3.06. The van der Waals surface area contributed by atoms with E-state index in [1.165, 1.54) is 6.08 Å². The van der Waals surface area contributed by atoms with Crippen LogP contribution >= 0.6 is 0 Å². The fraction of sp³-hybridized carbons (Fsp3) is 0.400. The SMILES string of the molecule is CCc1cccc(CC)c1NC(=O)COC(=O)/C(C#N)=C/c1cc(C)n(CCOC)c1C. The molecule has 0 aliphatic rings. The lowest BCUT2D eigenvalue weighted by Crippen LogP contribution is -2.22. The second-order valence-electron chi connectivity index (χ2n) is 7.42. The maximum Gasteiger partial charge on any atom is 0.349 e. The number of hydrogen-bond acceptors (Lipinski definition) is 5. The monoisotopic (exact) mass is 437 g/mol. The maximum absolute atomic E-state index is 12.4. The van der Waals surface area contributed by atoms with Gasteiger partial charge in [0.2, 0.25) is 0 Å². The Hall–Kier alpha value is -3.37. The first-order valence-electron chi connectivity index (χ1n) is 10.7. The lowest BCUT2D eigenvalue weighted by atomic mass is 10.0. The highest BCUT2D eigenvalue weighted by Crippen LogP contribution is 2.23. The zero-order valence-corrected chi connectivity index (χ0v) is 19.4. The molecule has 1 heterocycles. The van der Waals surface area contributed by atoms with Gasteiger partial charge in [0.15, 0.2) is 6.61 Å². The predicted octanol–water partition coefficient (Wildman–Crippen LogP) is 3.97. The summed E-state index contributed by atoms with van der Waals surface area (Å²) in [6, 6.07) is 9.66. The molecule has 0 saturated heterocycles. The minimum absolute atomic E-state index is 0.159. The highest BCUT2D eigenvalue weighted by Gasteiger charge is 2.17. The molecule has 0 radical (unpaired) electrons. The highest BCUT2D eigenvalue weighted by atomic mass is 16.5. The van der Waals surface area contributed by atoms with Crippen LogP contribution in [0.3, 0.4) is 0 Å². The van der Waals surface area contributed by atoms with E-state index in [0.29, 0.717) is 13.2 Å². The number of amides is 1. The van der Waals surface area contributed by atoms with Crippen LogP contribution in [-0.2, 0) is 38.4 Å². The average molecular weight is 438 g/mol. The van der Waals surface area contributed by atoms with Gasteiger partial charge >= 0.3 is 5.97 Å². The van der Waals surface area contributed by atoms with Crippen molar-refractivity contribution in [2.24, 2.45) is 0 Å². The third-order valence-corrected chi connectivity index (χ3v) is 5.37. The van der Waals surface area contributed by atoms with Gasteiger partial charge in [-0.25, -0.2) is 4.79 Å². The van der Waals surface area contributed by atoms with E-state index in [-0.39, 0.29) is 5.57 Å². The minimum atomic E-state index is -0.830. The van der Waals surface area contributed by atoms with Gasteiger partial charge in [-0.05, 0) is 55.5 Å². The van der Waals surface area contributed by atoms with Crippen molar-refractivity contribution in [3.63, 3.8) is 0 Å². The zero-order valence-electron chi connectivity index (χ0n) is 19.4. The van der Waals surface area contributed by atoms with Gasteiger partial charge < -0.3 is 19.4 Å². The summed E-state index contributed by atoms with van der Waals surface area (Å²) in [5.41, 5.74) is 5.31. The molecule has 1 aromatic carbocycles. The molecule has 1 N–H and O–H groups in total. The van der Waals surface area contributed by atoms with Crippen molar-refractivity contribution in [2.75, 3.05) is 25.6 Å². The number of nitriles is 1. The van der Waals surface area contributed by atoms with Crippen LogP contribution < -0.4 is 5.32 Å². The molecular weight excluding hydrogens is 406 g/mol. The number of para-hydroxylation sites is 1. The number of carbonyl (C=O) groups excluding carboxylic acids is 2. The summed E-state index contributed by atoms with van der Waals surface area (Å²) in [5, 5.41) is 12.3. The number of anilines is 1. The van der Waals surface area contributed by atoms with E-state index in [0.717, 1.165) is 46.6 Å². The second kappa shape index (κ2) is 11.9. The first-order valence-corrected chi connectivity index (χ1v) is 10.7. The van der Waals surface area contributed by atoms with Crippen molar-refractivity contribution in [3.05, 3.63) is 57.9 Å². The maximum atomic E-state index is 12.4. The van der Waals surface area contributed by atoms with Gasteiger partial charge in [0.05, 0.1) is 6.61 Å². The van der Waals surface area contributed by atoms with Gasteiger partial charge in [-0.3, -0.25) is 4.79 Å². The van der Waals surface area contributed by atoms with Crippen LogP contribution in [0.5, 0.6) is 0 Å². The molecule has 0 aliphatic carbocycles. The Morgan fingerprint density at radius 3 is 2.41 bits per heavy atom. The Morgan fingerprint density at radius 1 is 1.19 bits per heavy atom. The Labute approximate surface area is 189 Å². The van der Waals surface area contributed by atoms with Crippen molar-refractivity contribution in [2.45, 2.75) is 47.1 Å². The van der Waals surface area contributed by atoms with Crippen LogP contribution in [0.4, 0.5) is 5.69 Å². The zero-order chi connectivity index (χ0) is 23.7. The topological polar surface area (TPSA) is 93.4 Å². The van der Waals surface area contributed by atoms with E-state index in [9.17, 15) is 14.9 Å². The fourth-order valence-corrected chi connectivity index (χ4v) is 3.58. The largest absolute Gasteiger partial charge is 0.451 e. The van der Waals surface area contributed by atoms with Gasteiger partial charge in [0, 0.05) is 30.7 Å². The minimum Gasteiger partial charge on any atom is -0.451 e. The van der Waals surface area contributed by atoms with Crippen molar-refractivity contribution in [3.8, 4) is 6.07 Å². The number of hydrogen-bond donors (Lipinski definition) is 1. The number of esters is 1. The van der Waals surface area contributed by atoms with Gasteiger partial charge in [-0.1, -0.05) is 32.0 Å². The second-order valence-corrected chi connectivity index (χ2v) is 7.42. The van der Waals surface area contributed by atoms with E-state index >= 15 is 0 Å². The highest BCUT2D eigenvalue weighted by molar-refractivity contribution is 6.00. The lowest BCUT2D eigenvalue weighted by Gasteiger charge is -2.14. The van der Waals surface area contributed by atoms with Crippen molar-refractivity contribution < 1.29 is 19.1 Å². The number of benzene rings is 1. The van der Waals surface area contributed by atoms with Gasteiger partial charge in [-0.15, -0.1) is 0 Å². The molecule has 0 unspecified atom stereocenters. The first kappa shape index (κ1) is 24.9. The Morgan fingerprint density at radius 2 is 1.84 bits per heavy atom. The Balaban J connectivity index is 2.09. The fourth-order valence-electron chi connectivity index (χ4n) is 3.58. The molecule has 7 heteroatoms. The Kier molecular flexibility index (Phi) is 9.23. The summed E-state index contributed by atoms with van der Waals surface area (Å²) < 4.78 is 12.3. The molecule has 0 spiro atoms. The normalized spacial score (nSPS) is 11.2. The molecule has 2 rings (SSSR count). The van der Waals surface area contributed by atoms with Crippen LogP contribution in [0.25, 0.3) is 6.08 Å². The van der Waals surface area contributed by atoms with Crippen molar-refractivity contribution >= 4 is 23.6 Å². The molecule has 1 amide bonds. The molecule has 7 nitrogen and oxygen atoms in total. The number of rotatable bonds is 10. The molecule has 32 heavy (non-hydrogen) atoms. The Bertz CT molecular complexity index is 1020. The lowest BCUT2D eigenvalue weighted by molar-refractivity contribution is -0.142. The van der Waals surface area contributed by atoms with Crippen LogP contribution in [0.1, 0.15) is 41.9 Å². The van der Waals surface area contributed by atoms with E-state index in [1.54, 1.807) is 7.11 Å². The third-order valence-electron chi connectivity index (χ3n) is 5.37. The molecular formula is C25H31N3O4. The molecule has 170 valence electrons. The molecule has 0 atom stereocenters. The van der Waals surface area contributed by atoms with Gasteiger partial charge in [-0.2, -0.15) is 5.26 Å². The number of methoxy groups -OCH3 is 1. The number of carbonyl (C=O) groups is 2. The molecule has 0 fully saturated rings. The summed E-state index contributed by atoms with van der Waals surface area (Å²) in [5.74, 6) is -1.27. The van der Waals surface area contributed by atoms with Crippen LogP contribution in [-0.4, -0.2) is 36.8 Å². The molecule has 1 aromatic heterocycles. The number of ether oxygens (including phenoxy) is 2. The summed E-state index contributed by atoms with van der Waals surface area (Å²) in [6.07, 6.45) is 3.04. The summed E-state index contributed by atoms with van der Waals surface area (Å²) in [7, 11) is 1.64. The van der Waals surface area contributed by atoms with Crippen LogP contribution in [0.15, 0.2) is 29.8 Å². The predicted molar refractivity (Wildman–Crippen MR) is 124 cm³/mol. The van der Waals surface area contributed by atoms with E-state index in [4.69, 9.17) is 9.47 Å². The third kappa shape index (κ3) is 6.08. The number of nitrogens with zero attached hydrogens (tertiary/aromatic N) is 2. The number of aromatic nitrogens is 1. The van der Waals surface area contributed by atoms with E-state index < -0.39 is 18.5 Å². The molecule has 2 aromatic rings. The van der Waals surface area contributed by atoms with Crippen LogP contribution in [0.2, 0.25) is 0 Å². The molecule has 0 bridgehead atoms. The van der Waals surface area contributed by atoms with E-state index in [1.807, 2.05) is 58.0 Å². The summed E-state index contributed by atoms with van der Waals surface area (Å²) in [4.78, 5) is 24.9.